The molecule has 0 radical (unpaired) electrons. The summed E-state index contributed by atoms with van der Waals surface area (Å²) in [5.74, 6) is -2.27. The molecule has 1 aliphatic rings. The van der Waals surface area contributed by atoms with Crippen molar-refractivity contribution in [3.8, 4) is 0 Å². The molecule has 1 aromatic carbocycles. The van der Waals surface area contributed by atoms with Crippen LogP contribution in [0.2, 0.25) is 0 Å². The summed E-state index contributed by atoms with van der Waals surface area (Å²) < 4.78 is 23.0. The molecule has 1 fully saturated rings. The molecule has 1 amide bonds. The third-order valence-electron chi connectivity index (χ3n) is 6.11. The van der Waals surface area contributed by atoms with E-state index in [2.05, 4.69) is 15.4 Å². The number of aliphatic hydroxyl groups excluding tert-OH is 3. The number of carbonyl (C=O) groups excluding carboxylic acids is 1. The lowest BCUT2D eigenvalue weighted by Crippen LogP contribution is -2.57. The molecule has 8 N–H and O–H groups in total. The van der Waals surface area contributed by atoms with E-state index in [1.165, 1.54) is 6.92 Å². The maximum absolute atomic E-state index is 13.1. The third kappa shape index (κ3) is 7.37. The second-order valence-electron chi connectivity index (χ2n) is 9.58. The van der Waals surface area contributed by atoms with Crippen LogP contribution in [0, 0.1) is 5.92 Å². The fraction of sp³-hybridized carbons (Fsp3) is 0.565. The predicted octanol–water partition coefficient (Wildman–Crippen LogP) is 0.229. The highest BCUT2D eigenvalue weighted by Gasteiger charge is 2.45. The van der Waals surface area contributed by atoms with Crippen molar-refractivity contribution in [1.29, 1.82) is 0 Å². The lowest BCUT2D eigenvalue weighted by molar-refractivity contribution is -0.270. The number of carboxylic acid groups (broad SMARTS) is 1. The second kappa shape index (κ2) is 12.0. The molecule has 1 unspecified atom stereocenters. The maximum Gasteiger partial charge on any atom is 0.406 e. The zero-order valence-electron chi connectivity index (χ0n) is 20.6. The SMILES string of the molecule is CC(C)C[C@H](NP(=O)(O)O[C@@H]1O[C@@H](C)[C@@H](O)[C@@H](O)[C@H]1O)C(=O)N[C@@H](Cc1c[nH]c2ccccc12)C(=O)O. The van der Waals surface area contributed by atoms with Gasteiger partial charge in [-0.05, 0) is 30.9 Å². The van der Waals surface area contributed by atoms with Gasteiger partial charge in [-0.25, -0.2) is 14.4 Å². The summed E-state index contributed by atoms with van der Waals surface area (Å²) in [6.07, 6.45) is -6.08. The van der Waals surface area contributed by atoms with Crippen LogP contribution in [-0.2, 0) is 29.8 Å². The first-order chi connectivity index (χ1) is 17.3. The average Bonchev–Trinajstić information content (AvgIpc) is 3.22. The summed E-state index contributed by atoms with van der Waals surface area (Å²) in [6.45, 7) is 4.90. The summed E-state index contributed by atoms with van der Waals surface area (Å²) in [4.78, 5) is 38.5. The van der Waals surface area contributed by atoms with Crippen LogP contribution in [0.1, 0.15) is 32.8 Å². The van der Waals surface area contributed by atoms with Crippen molar-refractivity contribution in [3.63, 3.8) is 0 Å². The Balaban J connectivity index is 1.72. The molecule has 0 spiro atoms. The molecular formula is C23H34N3O10P. The van der Waals surface area contributed by atoms with E-state index in [1.54, 1.807) is 20.0 Å². The van der Waals surface area contributed by atoms with E-state index in [4.69, 9.17) is 9.26 Å². The quantitative estimate of drug-likeness (QED) is 0.180. The van der Waals surface area contributed by atoms with Crippen LogP contribution in [0.3, 0.4) is 0 Å². The van der Waals surface area contributed by atoms with Crippen LogP contribution in [-0.4, -0.2) is 85.0 Å². The van der Waals surface area contributed by atoms with Crippen molar-refractivity contribution >= 4 is 30.5 Å². The van der Waals surface area contributed by atoms with Gasteiger partial charge in [0.15, 0.2) is 6.29 Å². The number of rotatable bonds is 11. The molecule has 206 valence electrons. The van der Waals surface area contributed by atoms with Crippen molar-refractivity contribution < 1.29 is 48.7 Å². The van der Waals surface area contributed by atoms with Crippen LogP contribution >= 0.6 is 7.75 Å². The van der Waals surface area contributed by atoms with E-state index in [0.29, 0.717) is 5.56 Å². The Kier molecular flexibility index (Phi) is 9.48. The number of nitrogens with one attached hydrogen (secondary N) is 3. The second-order valence-corrected chi connectivity index (χ2v) is 11.1. The number of hydrogen-bond donors (Lipinski definition) is 8. The van der Waals surface area contributed by atoms with E-state index in [9.17, 15) is 39.5 Å². The molecule has 14 heteroatoms. The van der Waals surface area contributed by atoms with Gasteiger partial charge in [-0.2, -0.15) is 0 Å². The number of aliphatic carboxylic acids is 1. The molecule has 0 saturated carbocycles. The van der Waals surface area contributed by atoms with Gasteiger partial charge in [-0.3, -0.25) is 9.32 Å². The Bertz CT molecular complexity index is 1140. The highest BCUT2D eigenvalue weighted by molar-refractivity contribution is 7.50. The molecule has 2 aromatic rings. The molecule has 37 heavy (non-hydrogen) atoms. The van der Waals surface area contributed by atoms with E-state index in [1.807, 2.05) is 24.3 Å². The van der Waals surface area contributed by atoms with Crippen LogP contribution < -0.4 is 10.4 Å². The van der Waals surface area contributed by atoms with Crippen molar-refractivity contribution in [2.45, 2.75) is 76.4 Å². The van der Waals surface area contributed by atoms with Crippen LogP contribution in [0.4, 0.5) is 0 Å². The fourth-order valence-corrected chi connectivity index (χ4v) is 5.28. The molecular weight excluding hydrogens is 509 g/mol. The molecule has 1 saturated heterocycles. The summed E-state index contributed by atoms with van der Waals surface area (Å²) >= 11 is 0. The number of H-pyrrole nitrogens is 1. The Morgan fingerprint density at radius 1 is 1.14 bits per heavy atom. The summed E-state index contributed by atoms with van der Waals surface area (Å²) in [5.41, 5.74) is 1.48. The van der Waals surface area contributed by atoms with E-state index in [0.717, 1.165) is 10.9 Å². The van der Waals surface area contributed by atoms with E-state index in [-0.39, 0.29) is 18.8 Å². The highest BCUT2D eigenvalue weighted by atomic mass is 31.2. The summed E-state index contributed by atoms with van der Waals surface area (Å²) in [7, 11) is -4.83. The van der Waals surface area contributed by atoms with Gasteiger partial charge in [0.05, 0.1) is 12.1 Å². The van der Waals surface area contributed by atoms with Gasteiger partial charge in [0.25, 0.3) is 0 Å². The normalized spacial score (nSPS) is 27.5. The number of carbonyl (C=O) groups is 2. The first kappa shape index (κ1) is 29.2. The molecule has 2 heterocycles. The largest absolute Gasteiger partial charge is 0.480 e. The van der Waals surface area contributed by atoms with Gasteiger partial charge in [-0.15, -0.1) is 0 Å². The zero-order chi connectivity index (χ0) is 27.5. The average molecular weight is 544 g/mol. The van der Waals surface area contributed by atoms with Crippen LogP contribution in [0.25, 0.3) is 10.9 Å². The van der Waals surface area contributed by atoms with Gasteiger partial charge in [0.1, 0.15) is 24.4 Å². The predicted molar refractivity (Wildman–Crippen MR) is 131 cm³/mol. The molecule has 0 aliphatic carbocycles. The van der Waals surface area contributed by atoms with Gasteiger partial charge in [-0.1, -0.05) is 32.0 Å². The fourth-order valence-electron chi connectivity index (χ4n) is 4.15. The number of hydrogen-bond acceptors (Lipinski definition) is 8. The number of fused-ring (bicyclic) bond motifs is 1. The number of aromatic nitrogens is 1. The van der Waals surface area contributed by atoms with Crippen LogP contribution in [0.5, 0.6) is 0 Å². The topological polar surface area (TPSA) is 211 Å². The first-order valence-electron chi connectivity index (χ1n) is 11.9. The molecule has 1 aliphatic heterocycles. The Morgan fingerprint density at radius 2 is 1.81 bits per heavy atom. The minimum absolute atomic E-state index is 0.0347. The van der Waals surface area contributed by atoms with Crippen molar-refractivity contribution in [3.05, 3.63) is 36.0 Å². The standard InChI is InChI=1S/C23H34N3O10P/c1-11(2)8-16(26-37(33,34)36-23-20(29)19(28)18(27)12(3)35-23)21(30)25-17(22(31)32)9-13-10-24-15-7-5-4-6-14(13)15/h4-7,10-12,16-20,23-24,27-29H,8-9H2,1-3H3,(H,25,30)(H,31,32)(H2,26,33,34)/t12-,16-,17-,18+,19+,20+,23-/m0/s1. The number of aromatic amines is 1. The van der Waals surface area contributed by atoms with Gasteiger partial charge in [0.2, 0.25) is 5.91 Å². The lowest BCUT2D eigenvalue weighted by atomic mass is 10.0. The summed E-state index contributed by atoms with van der Waals surface area (Å²) in [5, 5.41) is 45.0. The van der Waals surface area contributed by atoms with E-state index < -0.39 is 62.4 Å². The molecule has 0 bridgehead atoms. The van der Waals surface area contributed by atoms with Crippen LogP contribution in [0.15, 0.2) is 30.5 Å². The first-order valence-corrected chi connectivity index (χ1v) is 13.4. The molecule has 8 atom stereocenters. The lowest BCUT2D eigenvalue weighted by Gasteiger charge is -2.39. The number of para-hydroxylation sites is 1. The number of amides is 1. The minimum atomic E-state index is -4.83. The number of benzene rings is 1. The number of aliphatic hydroxyl groups is 3. The molecule has 1 aromatic heterocycles. The summed E-state index contributed by atoms with van der Waals surface area (Å²) in [6, 6.07) is 4.63. The Morgan fingerprint density at radius 3 is 2.46 bits per heavy atom. The molecule has 13 nitrogen and oxygen atoms in total. The number of carboxylic acids is 1. The Hall–Kier alpha value is -2.35. The van der Waals surface area contributed by atoms with Crippen molar-refractivity contribution in [2.75, 3.05) is 0 Å². The zero-order valence-corrected chi connectivity index (χ0v) is 21.5. The highest BCUT2D eigenvalue weighted by Crippen LogP contribution is 2.42. The van der Waals surface area contributed by atoms with Gasteiger partial charge in [0, 0.05) is 23.5 Å². The van der Waals surface area contributed by atoms with Gasteiger partial charge < -0.3 is 40.4 Å². The third-order valence-corrected chi connectivity index (χ3v) is 7.24. The number of ether oxygens (including phenoxy) is 1. The van der Waals surface area contributed by atoms with Crippen molar-refractivity contribution in [2.24, 2.45) is 5.92 Å². The maximum atomic E-state index is 13.1. The Labute approximate surface area is 213 Å². The minimum Gasteiger partial charge on any atom is -0.480 e. The van der Waals surface area contributed by atoms with Gasteiger partial charge >= 0.3 is 13.7 Å². The molecule has 3 rings (SSSR count). The van der Waals surface area contributed by atoms with Crippen molar-refractivity contribution in [1.82, 2.24) is 15.4 Å². The smallest absolute Gasteiger partial charge is 0.406 e. The monoisotopic (exact) mass is 543 g/mol. The van der Waals surface area contributed by atoms with E-state index >= 15 is 0 Å².